The number of para-hydroxylation sites is 1. The number of aliphatic hydroxyl groups is 1. The SMILES string of the molecule is N#Cc1cc2ccccc2nc1NC1CC(O)C1. The molecule has 0 spiro atoms. The molecule has 1 aliphatic carbocycles. The number of anilines is 1. The van der Waals surface area contributed by atoms with Gasteiger partial charge in [-0.1, -0.05) is 18.2 Å². The van der Waals surface area contributed by atoms with E-state index in [0.717, 1.165) is 23.7 Å². The zero-order valence-corrected chi connectivity index (χ0v) is 9.80. The van der Waals surface area contributed by atoms with E-state index < -0.39 is 0 Å². The molecule has 18 heavy (non-hydrogen) atoms. The number of hydrogen-bond donors (Lipinski definition) is 2. The summed E-state index contributed by atoms with van der Waals surface area (Å²) in [4.78, 5) is 4.48. The molecule has 0 saturated heterocycles. The van der Waals surface area contributed by atoms with E-state index in [1.807, 2.05) is 30.3 Å². The third-order valence-corrected chi connectivity index (χ3v) is 3.30. The van der Waals surface area contributed by atoms with Crippen molar-refractivity contribution in [2.45, 2.75) is 25.0 Å². The molecular formula is C14H13N3O. The summed E-state index contributed by atoms with van der Waals surface area (Å²) in [6.07, 6.45) is 1.23. The highest BCUT2D eigenvalue weighted by atomic mass is 16.3. The zero-order chi connectivity index (χ0) is 12.5. The number of fused-ring (bicyclic) bond motifs is 1. The Bertz CT molecular complexity index is 626. The van der Waals surface area contributed by atoms with Crippen LogP contribution in [0.5, 0.6) is 0 Å². The van der Waals surface area contributed by atoms with Gasteiger partial charge in [0.15, 0.2) is 0 Å². The fraction of sp³-hybridized carbons (Fsp3) is 0.286. The molecule has 2 N–H and O–H groups in total. The second kappa shape index (κ2) is 4.28. The topological polar surface area (TPSA) is 68.9 Å². The summed E-state index contributed by atoms with van der Waals surface area (Å²) in [5.74, 6) is 0.619. The largest absolute Gasteiger partial charge is 0.393 e. The van der Waals surface area contributed by atoms with Crippen LogP contribution in [0.25, 0.3) is 10.9 Å². The first-order valence-corrected chi connectivity index (χ1v) is 6.01. The molecule has 1 heterocycles. The maximum atomic E-state index is 9.27. The van der Waals surface area contributed by atoms with Gasteiger partial charge in [0.25, 0.3) is 0 Å². The van der Waals surface area contributed by atoms with Crippen molar-refractivity contribution in [3.63, 3.8) is 0 Å². The number of nitrogens with one attached hydrogen (secondary N) is 1. The van der Waals surface area contributed by atoms with Gasteiger partial charge < -0.3 is 10.4 Å². The summed E-state index contributed by atoms with van der Waals surface area (Å²) in [5, 5.41) is 22.6. The Morgan fingerprint density at radius 2 is 2.11 bits per heavy atom. The second-order valence-corrected chi connectivity index (χ2v) is 4.66. The highest BCUT2D eigenvalue weighted by Crippen LogP contribution is 2.26. The van der Waals surface area contributed by atoms with Gasteiger partial charge in [-0.2, -0.15) is 5.26 Å². The minimum absolute atomic E-state index is 0.214. The third kappa shape index (κ3) is 1.89. The lowest BCUT2D eigenvalue weighted by Gasteiger charge is -2.32. The summed E-state index contributed by atoms with van der Waals surface area (Å²) in [6.45, 7) is 0. The van der Waals surface area contributed by atoms with E-state index in [1.54, 1.807) is 0 Å². The van der Waals surface area contributed by atoms with Gasteiger partial charge in [-0.05, 0) is 25.0 Å². The first kappa shape index (κ1) is 11.0. The molecule has 2 aromatic rings. The van der Waals surface area contributed by atoms with E-state index in [1.165, 1.54) is 0 Å². The molecule has 1 aromatic carbocycles. The van der Waals surface area contributed by atoms with E-state index in [9.17, 15) is 5.11 Å². The Labute approximate surface area is 105 Å². The number of aliphatic hydroxyl groups excluding tert-OH is 1. The van der Waals surface area contributed by atoms with Crippen LogP contribution < -0.4 is 5.32 Å². The van der Waals surface area contributed by atoms with Gasteiger partial charge in [0.05, 0.1) is 17.2 Å². The average molecular weight is 239 g/mol. The first-order chi connectivity index (χ1) is 8.76. The summed E-state index contributed by atoms with van der Waals surface area (Å²) in [6, 6.07) is 12.0. The van der Waals surface area contributed by atoms with E-state index in [4.69, 9.17) is 5.26 Å². The van der Waals surface area contributed by atoms with Crippen LogP contribution in [0.1, 0.15) is 18.4 Å². The molecule has 3 rings (SSSR count). The first-order valence-electron chi connectivity index (χ1n) is 6.01. The molecule has 0 atom stereocenters. The predicted octanol–water partition coefficient (Wildman–Crippen LogP) is 2.04. The number of nitrogens with zero attached hydrogens (tertiary/aromatic N) is 2. The molecule has 0 unspecified atom stereocenters. The van der Waals surface area contributed by atoms with Crippen LogP contribution in [0.2, 0.25) is 0 Å². The van der Waals surface area contributed by atoms with Crippen molar-refractivity contribution in [1.29, 1.82) is 5.26 Å². The van der Waals surface area contributed by atoms with Crippen molar-refractivity contribution >= 4 is 16.7 Å². The Morgan fingerprint density at radius 1 is 1.33 bits per heavy atom. The van der Waals surface area contributed by atoms with Crippen molar-refractivity contribution < 1.29 is 5.11 Å². The van der Waals surface area contributed by atoms with Gasteiger partial charge in [0, 0.05) is 11.4 Å². The minimum Gasteiger partial charge on any atom is -0.393 e. The lowest BCUT2D eigenvalue weighted by Crippen LogP contribution is -2.39. The molecule has 4 heteroatoms. The van der Waals surface area contributed by atoms with Gasteiger partial charge >= 0.3 is 0 Å². The maximum Gasteiger partial charge on any atom is 0.144 e. The van der Waals surface area contributed by atoms with Gasteiger partial charge in [-0.3, -0.25) is 0 Å². The number of benzene rings is 1. The maximum absolute atomic E-state index is 9.27. The Balaban J connectivity index is 1.97. The Hall–Kier alpha value is -2.12. The van der Waals surface area contributed by atoms with Crippen LogP contribution in [-0.2, 0) is 0 Å². The van der Waals surface area contributed by atoms with Crippen molar-refractivity contribution in [3.8, 4) is 6.07 Å². The molecule has 1 fully saturated rings. The van der Waals surface area contributed by atoms with Crippen LogP contribution >= 0.6 is 0 Å². The number of hydrogen-bond acceptors (Lipinski definition) is 4. The number of rotatable bonds is 2. The Kier molecular flexibility index (Phi) is 2.62. The van der Waals surface area contributed by atoms with Gasteiger partial charge in [-0.25, -0.2) is 4.98 Å². The van der Waals surface area contributed by atoms with Crippen LogP contribution in [0.3, 0.4) is 0 Å². The lowest BCUT2D eigenvalue weighted by molar-refractivity contribution is 0.0835. The summed E-state index contributed by atoms with van der Waals surface area (Å²) < 4.78 is 0. The molecule has 0 radical (unpaired) electrons. The second-order valence-electron chi connectivity index (χ2n) is 4.66. The molecule has 90 valence electrons. The molecule has 0 bridgehead atoms. The zero-order valence-electron chi connectivity index (χ0n) is 9.80. The standard InChI is InChI=1S/C14H13N3O/c15-8-10-5-9-3-1-2-4-13(9)17-14(10)16-11-6-12(18)7-11/h1-5,11-12,18H,6-7H2,(H,16,17). The highest BCUT2D eigenvalue weighted by Gasteiger charge is 2.27. The summed E-state index contributed by atoms with van der Waals surface area (Å²) >= 11 is 0. The van der Waals surface area contributed by atoms with Crippen LogP contribution in [0, 0.1) is 11.3 Å². The molecule has 1 aromatic heterocycles. The molecule has 1 saturated carbocycles. The van der Waals surface area contributed by atoms with Gasteiger partial charge in [-0.15, -0.1) is 0 Å². The molecule has 1 aliphatic rings. The fourth-order valence-corrected chi connectivity index (χ4v) is 2.21. The van der Waals surface area contributed by atoms with Crippen molar-refractivity contribution in [1.82, 2.24) is 4.98 Å². The van der Waals surface area contributed by atoms with Crippen molar-refractivity contribution in [3.05, 3.63) is 35.9 Å². The van der Waals surface area contributed by atoms with Crippen LogP contribution in [0.15, 0.2) is 30.3 Å². The normalized spacial score (nSPS) is 22.2. The van der Waals surface area contributed by atoms with E-state index in [2.05, 4.69) is 16.4 Å². The quantitative estimate of drug-likeness (QED) is 0.841. The van der Waals surface area contributed by atoms with Crippen molar-refractivity contribution in [2.75, 3.05) is 5.32 Å². The summed E-state index contributed by atoms with van der Waals surface area (Å²) in [5.41, 5.74) is 1.42. The highest BCUT2D eigenvalue weighted by molar-refractivity contribution is 5.82. The average Bonchev–Trinajstić information content (AvgIpc) is 2.36. The summed E-state index contributed by atoms with van der Waals surface area (Å²) in [7, 11) is 0. The predicted molar refractivity (Wildman–Crippen MR) is 69.1 cm³/mol. The molecule has 0 aliphatic heterocycles. The van der Waals surface area contributed by atoms with Crippen LogP contribution in [0.4, 0.5) is 5.82 Å². The van der Waals surface area contributed by atoms with Crippen molar-refractivity contribution in [2.24, 2.45) is 0 Å². The number of aromatic nitrogens is 1. The third-order valence-electron chi connectivity index (χ3n) is 3.30. The molecule has 4 nitrogen and oxygen atoms in total. The lowest BCUT2D eigenvalue weighted by atomic mass is 9.89. The smallest absolute Gasteiger partial charge is 0.144 e. The number of nitriles is 1. The molecule has 0 amide bonds. The molecular weight excluding hydrogens is 226 g/mol. The monoisotopic (exact) mass is 239 g/mol. The van der Waals surface area contributed by atoms with E-state index in [-0.39, 0.29) is 12.1 Å². The fourth-order valence-electron chi connectivity index (χ4n) is 2.21. The van der Waals surface area contributed by atoms with Gasteiger partial charge in [0.1, 0.15) is 11.9 Å². The van der Waals surface area contributed by atoms with Crippen LogP contribution in [-0.4, -0.2) is 22.2 Å². The van der Waals surface area contributed by atoms with E-state index in [0.29, 0.717) is 11.4 Å². The van der Waals surface area contributed by atoms with Gasteiger partial charge in [0.2, 0.25) is 0 Å². The Morgan fingerprint density at radius 3 is 2.83 bits per heavy atom. The van der Waals surface area contributed by atoms with E-state index >= 15 is 0 Å². The number of pyridine rings is 1. The minimum atomic E-state index is -0.214.